The summed E-state index contributed by atoms with van der Waals surface area (Å²) >= 11 is 1.41. The minimum Gasteiger partial charge on any atom is -0.461 e. The third kappa shape index (κ3) is 4.09. The molecule has 1 N–H and O–H groups in total. The van der Waals surface area contributed by atoms with Crippen LogP contribution in [0.2, 0.25) is 0 Å². The lowest BCUT2D eigenvalue weighted by Gasteiger charge is -2.26. The van der Waals surface area contributed by atoms with Gasteiger partial charge in [-0.25, -0.2) is 0 Å². The highest BCUT2D eigenvalue weighted by atomic mass is 32.1. The van der Waals surface area contributed by atoms with E-state index >= 15 is 0 Å². The quantitative estimate of drug-likeness (QED) is 0.437. The van der Waals surface area contributed by atoms with Crippen LogP contribution in [-0.4, -0.2) is 23.3 Å². The molecule has 0 saturated carbocycles. The number of hydrogen-bond acceptors (Lipinski definition) is 4. The van der Waals surface area contributed by atoms with Crippen molar-refractivity contribution in [3.63, 3.8) is 0 Å². The van der Waals surface area contributed by atoms with Gasteiger partial charge in [-0.1, -0.05) is 35.9 Å². The van der Waals surface area contributed by atoms with E-state index in [4.69, 9.17) is 4.42 Å². The Hall–Kier alpha value is -3.64. The Bertz CT molecular complexity index is 1290. The van der Waals surface area contributed by atoms with Crippen LogP contribution in [0.4, 0.5) is 5.69 Å². The van der Waals surface area contributed by atoms with Gasteiger partial charge >= 0.3 is 0 Å². The van der Waals surface area contributed by atoms with E-state index < -0.39 is 0 Å². The third-order valence-corrected chi connectivity index (χ3v) is 6.44. The number of furan rings is 1. The number of amides is 2. The Morgan fingerprint density at radius 1 is 1.03 bits per heavy atom. The number of carbonyl (C=O) groups excluding carboxylic acids is 2. The van der Waals surface area contributed by atoms with E-state index in [9.17, 15) is 9.59 Å². The second-order valence-corrected chi connectivity index (χ2v) is 8.87. The van der Waals surface area contributed by atoms with E-state index in [1.165, 1.54) is 11.3 Å². The van der Waals surface area contributed by atoms with Crippen molar-refractivity contribution in [2.24, 2.45) is 0 Å². The molecule has 6 heteroatoms. The summed E-state index contributed by atoms with van der Waals surface area (Å²) < 4.78 is 6.13. The van der Waals surface area contributed by atoms with Crippen LogP contribution in [0.5, 0.6) is 0 Å². The molecule has 2 amide bonds. The molecule has 0 aliphatic carbocycles. The maximum atomic E-state index is 12.9. The normalized spacial score (nSPS) is 13.0. The van der Waals surface area contributed by atoms with Crippen LogP contribution in [0, 0.1) is 6.92 Å². The van der Waals surface area contributed by atoms with Gasteiger partial charge in [0.25, 0.3) is 11.8 Å². The van der Waals surface area contributed by atoms with Gasteiger partial charge in [-0.15, -0.1) is 11.3 Å². The van der Waals surface area contributed by atoms with Crippen LogP contribution >= 0.6 is 11.3 Å². The van der Waals surface area contributed by atoms with Crippen LogP contribution in [-0.2, 0) is 13.0 Å². The lowest BCUT2D eigenvalue weighted by atomic mass is 10.1. The summed E-state index contributed by atoms with van der Waals surface area (Å²) in [5.41, 5.74) is 4.42. The average molecular weight is 443 g/mol. The number of aryl methyl sites for hydroxylation is 1. The molecule has 1 aliphatic heterocycles. The smallest absolute Gasteiger partial charge is 0.265 e. The summed E-state index contributed by atoms with van der Waals surface area (Å²) in [5, 5.41) is 4.82. The topological polar surface area (TPSA) is 62.6 Å². The van der Waals surface area contributed by atoms with Crippen LogP contribution in [0.3, 0.4) is 0 Å². The molecule has 0 radical (unpaired) electrons. The SMILES string of the molecule is Cc1cccc(C(=O)N2CCc3oc(-c4cccc(NC(=O)c5cccs5)c4)cc3C2)c1. The Labute approximate surface area is 190 Å². The first-order chi connectivity index (χ1) is 15.6. The Morgan fingerprint density at radius 3 is 2.72 bits per heavy atom. The van der Waals surface area contributed by atoms with Gasteiger partial charge in [0.05, 0.1) is 4.88 Å². The minimum atomic E-state index is -0.124. The van der Waals surface area contributed by atoms with E-state index in [0.717, 1.165) is 28.2 Å². The van der Waals surface area contributed by atoms with Crippen molar-refractivity contribution in [3.8, 4) is 11.3 Å². The summed E-state index contributed by atoms with van der Waals surface area (Å²) in [6.07, 6.45) is 0.682. The molecule has 0 atom stereocenters. The molecule has 2 aromatic heterocycles. The molecular formula is C26H22N2O3S. The number of fused-ring (bicyclic) bond motifs is 1. The number of nitrogens with one attached hydrogen (secondary N) is 1. The molecule has 0 saturated heterocycles. The minimum absolute atomic E-state index is 0.0420. The van der Waals surface area contributed by atoms with Gasteiger partial charge in [-0.2, -0.15) is 0 Å². The molecule has 1 aliphatic rings. The second-order valence-electron chi connectivity index (χ2n) is 7.92. The maximum Gasteiger partial charge on any atom is 0.265 e. The molecule has 3 heterocycles. The zero-order chi connectivity index (χ0) is 22.1. The fraction of sp³-hybridized carbons (Fsp3) is 0.154. The van der Waals surface area contributed by atoms with E-state index in [0.29, 0.717) is 35.6 Å². The fourth-order valence-corrected chi connectivity index (χ4v) is 4.58. The first-order valence-corrected chi connectivity index (χ1v) is 11.4. The van der Waals surface area contributed by atoms with Crippen LogP contribution < -0.4 is 5.32 Å². The molecule has 160 valence electrons. The number of anilines is 1. The average Bonchev–Trinajstić information content (AvgIpc) is 3.48. The highest BCUT2D eigenvalue weighted by Crippen LogP contribution is 2.31. The van der Waals surface area contributed by atoms with Crippen molar-refractivity contribution >= 4 is 28.8 Å². The van der Waals surface area contributed by atoms with Gasteiger partial charge in [0.15, 0.2) is 0 Å². The van der Waals surface area contributed by atoms with Crippen molar-refractivity contribution < 1.29 is 14.0 Å². The summed E-state index contributed by atoms with van der Waals surface area (Å²) in [4.78, 5) is 27.8. The highest BCUT2D eigenvalue weighted by Gasteiger charge is 2.25. The standard InChI is InChI=1S/C26H22N2O3S/c1-17-5-2-7-19(13-17)26(30)28-11-10-22-20(16-28)15-23(31-22)18-6-3-8-21(14-18)27-25(29)24-9-4-12-32-24/h2-9,12-15H,10-11,16H2,1H3,(H,27,29). The highest BCUT2D eigenvalue weighted by molar-refractivity contribution is 7.12. The van der Waals surface area contributed by atoms with Gasteiger partial charge in [-0.05, 0) is 48.7 Å². The lowest BCUT2D eigenvalue weighted by Crippen LogP contribution is -2.35. The van der Waals surface area contributed by atoms with Gasteiger partial charge < -0.3 is 14.6 Å². The van der Waals surface area contributed by atoms with Crippen LogP contribution in [0.1, 0.15) is 36.9 Å². The first kappa shape index (κ1) is 20.3. The van der Waals surface area contributed by atoms with Gasteiger partial charge in [0, 0.05) is 41.9 Å². The fourth-order valence-electron chi connectivity index (χ4n) is 3.96. The molecule has 0 spiro atoms. The van der Waals surface area contributed by atoms with Crippen molar-refractivity contribution in [3.05, 3.63) is 99.4 Å². The monoisotopic (exact) mass is 442 g/mol. The Morgan fingerprint density at radius 2 is 1.91 bits per heavy atom. The Balaban J connectivity index is 1.34. The van der Waals surface area contributed by atoms with E-state index in [1.54, 1.807) is 6.07 Å². The predicted octanol–water partition coefficient (Wildman–Crippen LogP) is 5.77. The Kier molecular flexibility index (Phi) is 5.37. The molecular weight excluding hydrogens is 420 g/mol. The van der Waals surface area contributed by atoms with E-state index in [-0.39, 0.29) is 11.8 Å². The number of rotatable bonds is 4. The number of nitrogens with zero attached hydrogens (tertiary/aromatic N) is 1. The molecule has 0 unspecified atom stereocenters. The van der Waals surface area contributed by atoms with Crippen molar-refractivity contribution in [2.75, 3.05) is 11.9 Å². The molecule has 4 aromatic rings. The molecule has 32 heavy (non-hydrogen) atoms. The summed E-state index contributed by atoms with van der Waals surface area (Å²) in [7, 11) is 0. The third-order valence-electron chi connectivity index (χ3n) is 5.57. The summed E-state index contributed by atoms with van der Waals surface area (Å²) in [5.74, 6) is 1.58. The largest absolute Gasteiger partial charge is 0.461 e. The molecule has 2 aromatic carbocycles. The molecule has 5 rings (SSSR count). The number of hydrogen-bond donors (Lipinski definition) is 1. The van der Waals surface area contributed by atoms with Crippen LogP contribution in [0.25, 0.3) is 11.3 Å². The molecule has 0 bridgehead atoms. The van der Waals surface area contributed by atoms with Gasteiger partial charge in [0.2, 0.25) is 0 Å². The van der Waals surface area contributed by atoms with E-state index in [1.807, 2.05) is 77.9 Å². The zero-order valence-electron chi connectivity index (χ0n) is 17.6. The van der Waals surface area contributed by atoms with E-state index in [2.05, 4.69) is 5.32 Å². The summed E-state index contributed by atoms with van der Waals surface area (Å²) in [6.45, 7) is 3.15. The van der Waals surface area contributed by atoms with Gasteiger partial charge in [-0.3, -0.25) is 9.59 Å². The van der Waals surface area contributed by atoms with Gasteiger partial charge in [0.1, 0.15) is 11.5 Å². The van der Waals surface area contributed by atoms with Crippen molar-refractivity contribution in [1.82, 2.24) is 4.90 Å². The van der Waals surface area contributed by atoms with Crippen molar-refractivity contribution in [2.45, 2.75) is 19.9 Å². The van der Waals surface area contributed by atoms with Crippen molar-refractivity contribution in [1.29, 1.82) is 0 Å². The summed E-state index contributed by atoms with van der Waals surface area (Å²) in [6, 6.07) is 21.0. The maximum absolute atomic E-state index is 12.9. The number of thiophene rings is 1. The first-order valence-electron chi connectivity index (χ1n) is 10.5. The lowest BCUT2D eigenvalue weighted by molar-refractivity contribution is 0.0729. The predicted molar refractivity (Wildman–Crippen MR) is 126 cm³/mol. The number of benzene rings is 2. The zero-order valence-corrected chi connectivity index (χ0v) is 18.4. The molecule has 5 nitrogen and oxygen atoms in total. The number of carbonyl (C=O) groups is 2. The second kappa shape index (κ2) is 8.48. The van der Waals surface area contributed by atoms with Crippen LogP contribution in [0.15, 0.2) is 76.5 Å². The molecule has 0 fully saturated rings.